The van der Waals surface area contributed by atoms with Crippen LogP contribution in [-0.2, 0) is 26.4 Å². The fourth-order valence-electron chi connectivity index (χ4n) is 4.43. The lowest BCUT2D eigenvalue weighted by Crippen LogP contribution is -2.30. The molecule has 0 bridgehead atoms. The first-order valence-corrected chi connectivity index (χ1v) is 10.9. The molecule has 0 saturated carbocycles. The fourth-order valence-corrected chi connectivity index (χ4v) is 4.95. The van der Waals surface area contributed by atoms with E-state index in [2.05, 4.69) is 52.8 Å². The maximum atomic E-state index is 11.7. The number of fused-ring (bicyclic) bond motifs is 1. The van der Waals surface area contributed by atoms with Crippen molar-refractivity contribution in [1.82, 2.24) is 0 Å². The quantitative estimate of drug-likeness (QED) is 0.535. The van der Waals surface area contributed by atoms with E-state index in [1.54, 1.807) is 12.3 Å². The van der Waals surface area contributed by atoms with Gasteiger partial charge in [0.15, 0.2) is 0 Å². The van der Waals surface area contributed by atoms with Gasteiger partial charge in [-0.25, -0.2) is 0 Å². The third kappa shape index (κ3) is 3.23. The van der Waals surface area contributed by atoms with Crippen LogP contribution in [0.2, 0.25) is 0 Å². The Morgan fingerprint density at radius 2 is 1.48 bits per heavy atom. The molecule has 0 amide bonds. The molecule has 142 valence electrons. The van der Waals surface area contributed by atoms with Crippen molar-refractivity contribution in [3.05, 3.63) is 70.8 Å². The maximum Gasteiger partial charge on any atom is 0.143 e. The molecule has 0 N–H and O–H groups in total. The molecule has 0 aromatic heterocycles. The second-order valence-corrected chi connectivity index (χ2v) is 10.0. The number of carbonyl (C=O) groups is 1. The average Bonchev–Trinajstić information content (AvgIpc) is 2.77. The highest BCUT2D eigenvalue weighted by Crippen LogP contribution is 2.54. The lowest BCUT2D eigenvalue weighted by molar-refractivity contribution is -0.104. The number of rotatable bonds is 4. The minimum Gasteiger partial charge on any atom is -0.299 e. The molecule has 3 rings (SSSR count). The van der Waals surface area contributed by atoms with Crippen molar-refractivity contribution in [3.8, 4) is 0 Å². The summed E-state index contributed by atoms with van der Waals surface area (Å²) in [5.74, 6) is 0.521. The summed E-state index contributed by atoms with van der Waals surface area (Å²) in [6.07, 6.45) is 4.13. The molecule has 2 aromatic rings. The van der Waals surface area contributed by atoms with E-state index in [-0.39, 0.29) is 10.8 Å². The van der Waals surface area contributed by atoms with E-state index in [0.717, 1.165) is 27.9 Å². The van der Waals surface area contributed by atoms with Crippen molar-refractivity contribution in [2.75, 3.05) is 6.26 Å². The first-order valence-electron chi connectivity index (χ1n) is 9.35. The number of allylic oxidation sites excluding steroid dienone is 1. The molecule has 3 heteroatoms. The number of hydrogen-bond donors (Lipinski definition) is 0. The lowest BCUT2D eigenvalue weighted by atomic mass is 9.71. The fraction of sp³-hybridized carbons (Fsp3) is 0.375. The van der Waals surface area contributed by atoms with Crippen molar-refractivity contribution in [1.29, 1.82) is 0 Å². The molecule has 2 aromatic carbocycles. The molecule has 0 fully saturated rings. The Hall–Kier alpha value is -2.00. The number of carbonyl (C=O) groups excluding carboxylic acids is 1. The predicted molar refractivity (Wildman–Crippen MR) is 114 cm³/mol. The molecule has 2 unspecified atom stereocenters. The van der Waals surface area contributed by atoms with Gasteiger partial charge in [0.05, 0.1) is 0 Å². The summed E-state index contributed by atoms with van der Waals surface area (Å²) < 4.78 is 11.7. The first kappa shape index (κ1) is 19.8. The van der Waals surface area contributed by atoms with E-state index in [1.807, 2.05) is 24.3 Å². The van der Waals surface area contributed by atoms with E-state index in [4.69, 9.17) is 0 Å². The summed E-state index contributed by atoms with van der Waals surface area (Å²) in [5, 5.41) is 0. The zero-order valence-electron chi connectivity index (χ0n) is 17.0. The molecule has 0 radical (unpaired) electrons. The summed E-state index contributed by atoms with van der Waals surface area (Å²) in [5.41, 5.74) is 5.85. The van der Waals surface area contributed by atoms with Crippen molar-refractivity contribution in [2.45, 2.75) is 50.3 Å². The van der Waals surface area contributed by atoms with Crippen LogP contribution in [0.25, 0.3) is 5.57 Å². The van der Waals surface area contributed by atoms with E-state index in [9.17, 15) is 9.00 Å². The van der Waals surface area contributed by atoms with Gasteiger partial charge in [-0.2, -0.15) is 0 Å². The minimum atomic E-state index is -1.01. The molecule has 1 aliphatic rings. The Balaban J connectivity index is 2.12. The highest BCUT2D eigenvalue weighted by molar-refractivity contribution is 7.84. The van der Waals surface area contributed by atoms with Crippen LogP contribution in [0.15, 0.2) is 53.4 Å². The average molecular weight is 381 g/mol. The van der Waals surface area contributed by atoms with Crippen molar-refractivity contribution >= 4 is 22.7 Å². The Kier molecular flexibility index (Phi) is 5.02. The van der Waals surface area contributed by atoms with Crippen LogP contribution in [0.5, 0.6) is 0 Å². The van der Waals surface area contributed by atoms with Gasteiger partial charge in [-0.1, -0.05) is 65.0 Å². The molecule has 2 atom stereocenters. The van der Waals surface area contributed by atoms with Crippen LogP contribution in [-0.4, -0.2) is 16.8 Å². The largest absolute Gasteiger partial charge is 0.299 e. The van der Waals surface area contributed by atoms with Gasteiger partial charge in [-0.3, -0.25) is 9.00 Å². The van der Waals surface area contributed by atoms with Crippen LogP contribution in [0, 0.1) is 5.92 Å². The van der Waals surface area contributed by atoms with E-state index >= 15 is 0 Å². The van der Waals surface area contributed by atoms with Gasteiger partial charge in [0.25, 0.3) is 0 Å². The molecule has 0 aliphatic heterocycles. The molecule has 1 aliphatic carbocycles. The summed E-state index contributed by atoms with van der Waals surface area (Å²) in [6.45, 7) is 11.6. The third-order valence-electron chi connectivity index (χ3n) is 6.62. The predicted octanol–water partition coefficient (Wildman–Crippen LogP) is 5.26. The Bertz CT molecular complexity index is 933. The third-order valence-corrected chi connectivity index (χ3v) is 7.55. The lowest BCUT2D eigenvalue weighted by Gasteiger charge is -2.32. The molecular formula is C24H28O2S. The molecule has 0 saturated heterocycles. The zero-order valence-corrected chi connectivity index (χ0v) is 17.8. The second-order valence-electron chi connectivity index (χ2n) is 8.62. The Morgan fingerprint density at radius 1 is 0.926 bits per heavy atom. The Labute approximate surface area is 165 Å². The van der Waals surface area contributed by atoms with E-state index in [0.29, 0.717) is 5.92 Å². The van der Waals surface area contributed by atoms with Gasteiger partial charge in [-0.15, -0.1) is 0 Å². The van der Waals surface area contributed by atoms with Crippen LogP contribution in [0.3, 0.4) is 0 Å². The molecule has 0 spiro atoms. The van der Waals surface area contributed by atoms with Gasteiger partial charge >= 0.3 is 0 Å². The summed E-state index contributed by atoms with van der Waals surface area (Å²) in [7, 11) is -1.01. The van der Waals surface area contributed by atoms with Gasteiger partial charge in [0.1, 0.15) is 6.29 Å². The van der Waals surface area contributed by atoms with Crippen molar-refractivity contribution in [2.24, 2.45) is 5.92 Å². The summed E-state index contributed by atoms with van der Waals surface area (Å²) in [6, 6.07) is 14.2. The smallest absolute Gasteiger partial charge is 0.143 e. The number of hydrogen-bond acceptors (Lipinski definition) is 2. The van der Waals surface area contributed by atoms with Crippen molar-refractivity contribution in [3.63, 3.8) is 0 Å². The molecule has 27 heavy (non-hydrogen) atoms. The highest BCUT2D eigenvalue weighted by atomic mass is 32.2. The van der Waals surface area contributed by atoms with Crippen LogP contribution < -0.4 is 0 Å². The van der Waals surface area contributed by atoms with Crippen LogP contribution in [0.1, 0.15) is 56.9 Å². The first-order chi connectivity index (χ1) is 12.6. The second kappa shape index (κ2) is 6.87. The number of benzene rings is 2. The number of aldehydes is 1. The van der Waals surface area contributed by atoms with Crippen LogP contribution >= 0.6 is 0 Å². The molecule has 2 nitrogen and oxygen atoms in total. The normalized spacial score (nSPS) is 21.6. The summed E-state index contributed by atoms with van der Waals surface area (Å²) >= 11 is 0. The SMILES string of the molecule is CC1C(C)(C)c2ccc(C(=CC=O)c3ccc(S(C)=O)cc3)cc2C1(C)C. The molecule has 0 heterocycles. The van der Waals surface area contributed by atoms with E-state index < -0.39 is 10.8 Å². The highest BCUT2D eigenvalue weighted by Gasteiger charge is 2.48. The standard InChI is InChI=1S/C24H28O2S/c1-16-23(2,3)21-12-9-18(15-22(21)24(16,4)5)20(13-14-25)17-7-10-19(11-8-17)27(6)26/h7-16H,1-6H3. The Morgan fingerprint density at radius 3 is 2.04 bits per heavy atom. The van der Waals surface area contributed by atoms with Crippen molar-refractivity contribution < 1.29 is 9.00 Å². The van der Waals surface area contributed by atoms with Gasteiger partial charge in [0, 0.05) is 22.0 Å². The summed E-state index contributed by atoms with van der Waals surface area (Å²) in [4.78, 5) is 12.1. The maximum absolute atomic E-state index is 11.7. The zero-order chi connectivity index (χ0) is 20.0. The monoisotopic (exact) mass is 380 g/mol. The molecular weight excluding hydrogens is 352 g/mol. The van der Waals surface area contributed by atoms with Crippen LogP contribution in [0.4, 0.5) is 0 Å². The minimum absolute atomic E-state index is 0.0735. The van der Waals surface area contributed by atoms with E-state index in [1.165, 1.54) is 11.1 Å². The van der Waals surface area contributed by atoms with Gasteiger partial charge in [-0.05, 0) is 62.8 Å². The van der Waals surface area contributed by atoms with Gasteiger partial charge in [0.2, 0.25) is 0 Å². The van der Waals surface area contributed by atoms with Gasteiger partial charge < -0.3 is 0 Å². The topological polar surface area (TPSA) is 34.1 Å².